The number of amides is 1. The largest absolute Gasteiger partial charge is 0.345 e. The van der Waals surface area contributed by atoms with E-state index in [0.717, 1.165) is 4.88 Å². The van der Waals surface area contributed by atoms with Crippen molar-refractivity contribution in [2.45, 2.75) is 6.54 Å². The van der Waals surface area contributed by atoms with Gasteiger partial charge < -0.3 is 10.3 Å². The smallest absolute Gasteiger partial charge is 0.261 e. The number of rotatable bonds is 4. The van der Waals surface area contributed by atoms with Gasteiger partial charge in [0, 0.05) is 6.20 Å². The molecule has 0 aliphatic carbocycles. The number of nitrogens with zero attached hydrogens (tertiary/aromatic N) is 3. The molecule has 0 spiro atoms. The maximum Gasteiger partial charge on any atom is 0.261 e. The molecule has 4 aromatic heterocycles. The summed E-state index contributed by atoms with van der Waals surface area (Å²) in [6, 6.07) is 12.6. The third-order valence-electron chi connectivity index (χ3n) is 3.73. The second-order valence-corrected chi connectivity index (χ2v) is 6.27. The van der Waals surface area contributed by atoms with E-state index < -0.39 is 11.5 Å². The number of aromatic nitrogens is 4. The number of thiophene rings is 1. The van der Waals surface area contributed by atoms with E-state index in [2.05, 4.69) is 20.5 Å². The first-order valence-corrected chi connectivity index (χ1v) is 8.44. The van der Waals surface area contributed by atoms with Crippen LogP contribution in [0.15, 0.2) is 58.8 Å². The van der Waals surface area contributed by atoms with Crippen molar-refractivity contribution in [3.05, 3.63) is 75.8 Å². The van der Waals surface area contributed by atoms with E-state index in [4.69, 9.17) is 0 Å². The van der Waals surface area contributed by atoms with Gasteiger partial charge in [0.2, 0.25) is 0 Å². The Hall–Kier alpha value is -3.26. The summed E-state index contributed by atoms with van der Waals surface area (Å²) < 4.78 is 1.78. The van der Waals surface area contributed by atoms with Crippen molar-refractivity contribution < 1.29 is 4.79 Å². The first kappa shape index (κ1) is 15.3. The van der Waals surface area contributed by atoms with Crippen LogP contribution in [0, 0.1) is 0 Å². The lowest BCUT2D eigenvalue weighted by Crippen LogP contribution is -2.29. The number of nitrogens with one attached hydrogen (secondary N) is 2. The van der Waals surface area contributed by atoms with Crippen LogP contribution in [0.4, 0.5) is 0 Å². The lowest BCUT2D eigenvalue weighted by molar-refractivity contribution is 0.0948. The zero-order valence-corrected chi connectivity index (χ0v) is 13.8. The van der Waals surface area contributed by atoms with Gasteiger partial charge in [0.15, 0.2) is 11.5 Å². The van der Waals surface area contributed by atoms with Gasteiger partial charge in [-0.1, -0.05) is 12.1 Å². The van der Waals surface area contributed by atoms with Crippen molar-refractivity contribution in [1.82, 2.24) is 24.9 Å². The lowest BCUT2D eigenvalue weighted by atomic mass is 10.2. The van der Waals surface area contributed by atoms with Gasteiger partial charge in [0.05, 0.1) is 17.1 Å². The molecule has 0 aromatic carbocycles. The van der Waals surface area contributed by atoms with Crippen molar-refractivity contribution in [3.63, 3.8) is 0 Å². The minimum atomic E-state index is -0.452. The average molecular weight is 351 g/mol. The highest BCUT2D eigenvalue weighted by Gasteiger charge is 2.13. The molecular formula is C17H13N5O2S. The van der Waals surface area contributed by atoms with Gasteiger partial charge in [-0.05, 0) is 35.7 Å². The van der Waals surface area contributed by atoms with Crippen molar-refractivity contribution in [3.8, 4) is 10.6 Å². The van der Waals surface area contributed by atoms with Crippen LogP contribution in [0.1, 0.15) is 16.2 Å². The summed E-state index contributed by atoms with van der Waals surface area (Å²) in [5.41, 5.74) is 1.04. The minimum Gasteiger partial charge on any atom is -0.345 e. The van der Waals surface area contributed by atoms with Crippen LogP contribution in [0.2, 0.25) is 0 Å². The number of H-pyrrole nitrogens is 1. The van der Waals surface area contributed by atoms with Gasteiger partial charge in [-0.2, -0.15) is 0 Å². The number of fused-ring (bicyclic) bond motifs is 1. The Morgan fingerprint density at radius 2 is 2.08 bits per heavy atom. The fourth-order valence-electron chi connectivity index (χ4n) is 2.49. The highest BCUT2D eigenvalue weighted by atomic mass is 32.1. The van der Waals surface area contributed by atoms with Crippen LogP contribution in [0.5, 0.6) is 0 Å². The molecule has 0 bridgehead atoms. The Morgan fingerprint density at radius 3 is 2.88 bits per heavy atom. The Labute approximate surface area is 146 Å². The Kier molecular flexibility index (Phi) is 3.87. The molecule has 1 amide bonds. The van der Waals surface area contributed by atoms with Gasteiger partial charge >= 0.3 is 0 Å². The predicted octanol–water partition coefficient (Wildman–Crippen LogP) is 2.08. The summed E-state index contributed by atoms with van der Waals surface area (Å²) >= 11 is 1.52. The summed E-state index contributed by atoms with van der Waals surface area (Å²) in [7, 11) is 0. The third-order valence-corrected chi connectivity index (χ3v) is 4.64. The molecule has 0 atom stereocenters. The Bertz CT molecular complexity index is 1100. The van der Waals surface area contributed by atoms with E-state index in [0.29, 0.717) is 17.2 Å². The van der Waals surface area contributed by atoms with Gasteiger partial charge in [-0.25, -0.2) is 0 Å². The number of hydrogen-bond donors (Lipinski definition) is 2. The van der Waals surface area contributed by atoms with E-state index in [-0.39, 0.29) is 12.1 Å². The van der Waals surface area contributed by atoms with Crippen LogP contribution in [0.3, 0.4) is 0 Å². The molecule has 0 aliphatic rings. The number of hydrogen-bond acceptors (Lipinski definition) is 5. The lowest BCUT2D eigenvalue weighted by Gasteiger charge is -2.05. The fourth-order valence-corrected chi connectivity index (χ4v) is 3.20. The van der Waals surface area contributed by atoms with E-state index in [1.54, 1.807) is 10.5 Å². The zero-order chi connectivity index (χ0) is 17.2. The molecule has 25 heavy (non-hydrogen) atoms. The molecule has 0 fully saturated rings. The number of aromatic amines is 1. The van der Waals surface area contributed by atoms with Crippen LogP contribution in [-0.4, -0.2) is 25.5 Å². The summed E-state index contributed by atoms with van der Waals surface area (Å²) in [4.78, 5) is 28.2. The molecule has 4 aromatic rings. The topological polar surface area (TPSA) is 92.2 Å². The van der Waals surface area contributed by atoms with Crippen LogP contribution < -0.4 is 10.9 Å². The molecule has 4 rings (SSSR count). The van der Waals surface area contributed by atoms with E-state index >= 15 is 0 Å². The molecule has 124 valence electrons. The highest BCUT2D eigenvalue weighted by Crippen LogP contribution is 2.21. The fraction of sp³-hybridized carbons (Fsp3) is 0.0588. The second kappa shape index (κ2) is 6.33. The molecule has 8 heteroatoms. The molecule has 4 heterocycles. The predicted molar refractivity (Wildman–Crippen MR) is 94.5 cm³/mol. The molecule has 7 nitrogen and oxygen atoms in total. The molecule has 0 saturated heterocycles. The number of pyridine rings is 2. The standard InChI is InChI=1S/C17H13N5O2S/c23-16(18-10-15-21-20-14-5-1-2-8-22(14)15)11-6-7-12(19-17(11)24)13-4-3-9-25-13/h1-9H,10H2,(H,18,23)(H,19,24). The van der Waals surface area contributed by atoms with Crippen molar-refractivity contribution in [1.29, 1.82) is 0 Å². The van der Waals surface area contributed by atoms with Gasteiger partial charge in [-0.15, -0.1) is 21.5 Å². The zero-order valence-electron chi connectivity index (χ0n) is 13.0. The number of carbonyl (C=O) groups excluding carboxylic acids is 1. The quantitative estimate of drug-likeness (QED) is 0.589. The third kappa shape index (κ3) is 2.94. The van der Waals surface area contributed by atoms with Crippen molar-refractivity contribution >= 4 is 22.9 Å². The Balaban J connectivity index is 1.52. The summed E-state index contributed by atoms with van der Waals surface area (Å²) in [6.07, 6.45) is 1.82. The summed E-state index contributed by atoms with van der Waals surface area (Å²) in [5, 5.41) is 12.7. The van der Waals surface area contributed by atoms with Crippen LogP contribution >= 0.6 is 11.3 Å². The van der Waals surface area contributed by atoms with E-state index in [9.17, 15) is 9.59 Å². The maximum absolute atomic E-state index is 12.3. The maximum atomic E-state index is 12.3. The van der Waals surface area contributed by atoms with Crippen molar-refractivity contribution in [2.24, 2.45) is 0 Å². The van der Waals surface area contributed by atoms with Gasteiger partial charge in [-0.3, -0.25) is 14.0 Å². The van der Waals surface area contributed by atoms with Crippen molar-refractivity contribution in [2.75, 3.05) is 0 Å². The average Bonchev–Trinajstić information content (AvgIpc) is 3.29. The molecule has 0 radical (unpaired) electrons. The first-order valence-electron chi connectivity index (χ1n) is 7.56. The van der Waals surface area contributed by atoms with E-state index in [1.165, 1.54) is 17.4 Å². The summed E-state index contributed by atoms with van der Waals surface area (Å²) in [6.45, 7) is 0.177. The van der Waals surface area contributed by atoms with Gasteiger partial charge in [0.1, 0.15) is 5.56 Å². The molecule has 0 unspecified atom stereocenters. The minimum absolute atomic E-state index is 0.0640. The second-order valence-electron chi connectivity index (χ2n) is 5.32. The van der Waals surface area contributed by atoms with Crippen LogP contribution in [-0.2, 0) is 6.54 Å². The molecule has 2 N–H and O–H groups in total. The summed E-state index contributed by atoms with van der Waals surface area (Å²) in [5.74, 6) is 0.141. The molecular weight excluding hydrogens is 338 g/mol. The molecule has 0 saturated carbocycles. The first-order chi connectivity index (χ1) is 12.2. The van der Waals surface area contributed by atoms with Gasteiger partial charge in [0.25, 0.3) is 11.5 Å². The number of carbonyl (C=O) groups is 1. The Morgan fingerprint density at radius 1 is 1.16 bits per heavy atom. The molecule has 0 aliphatic heterocycles. The monoisotopic (exact) mass is 351 g/mol. The van der Waals surface area contributed by atoms with E-state index in [1.807, 2.05) is 41.9 Å². The normalized spacial score (nSPS) is 10.9. The van der Waals surface area contributed by atoms with Crippen LogP contribution in [0.25, 0.3) is 16.2 Å². The highest BCUT2D eigenvalue weighted by molar-refractivity contribution is 7.13. The SMILES string of the molecule is O=C(NCc1nnc2ccccn12)c1ccc(-c2cccs2)[nH]c1=O.